The molecule has 0 bridgehead atoms. The molecular formula is C17H23N3O2. The van der Waals surface area contributed by atoms with E-state index in [4.69, 9.17) is 0 Å². The SMILES string of the molecule is CC(C)(C)Cc1cc(NC(=O)CC(O)c2ccccc2)n[nH]1. The minimum Gasteiger partial charge on any atom is -0.388 e. The van der Waals surface area contributed by atoms with E-state index in [2.05, 4.69) is 36.3 Å². The fourth-order valence-corrected chi connectivity index (χ4v) is 2.25. The molecule has 1 aromatic carbocycles. The predicted molar refractivity (Wildman–Crippen MR) is 86.4 cm³/mol. The molecule has 0 fully saturated rings. The zero-order valence-corrected chi connectivity index (χ0v) is 13.3. The summed E-state index contributed by atoms with van der Waals surface area (Å²) in [5.41, 5.74) is 1.86. The first kappa shape index (κ1) is 16.2. The van der Waals surface area contributed by atoms with Crippen molar-refractivity contribution < 1.29 is 9.90 Å². The number of carbonyl (C=O) groups is 1. The molecule has 5 nitrogen and oxygen atoms in total. The van der Waals surface area contributed by atoms with Crippen molar-refractivity contribution in [1.82, 2.24) is 10.2 Å². The quantitative estimate of drug-likeness (QED) is 0.794. The Kier molecular flexibility index (Phi) is 4.98. The molecule has 1 aromatic heterocycles. The molecule has 5 heteroatoms. The van der Waals surface area contributed by atoms with Crippen LogP contribution in [0.1, 0.15) is 44.6 Å². The fraction of sp³-hybridized carbons (Fsp3) is 0.412. The van der Waals surface area contributed by atoms with Gasteiger partial charge in [0.2, 0.25) is 5.91 Å². The molecule has 0 radical (unpaired) electrons. The summed E-state index contributed by atoms with van der Waals surface area (Å²) in [6.45, 7) is 6.42. The van der Waals surface area contributed by atoms with Crippen molar-refractivity contribution in [3.8, 4) is 0 Å². The first-order valence-corrected chi connectivity index (χ1v) is 7.41. The molecule has 0 aliphatic rings. The Balaban J connectivity index is 1.90. The minimum atomic E-state index is -0.811. The summed E-state index contributed by atoms with van der Waals surface area (Å²) < 4.78 is 0. The standard InChI is InChI=1S/C17H23N3O2/c1-17(2,3)11-13-9-15(20-19-13)18-16(22)10-14(21)12-7-5-4-6-8-12/h4-9,14,21H,10-11H2,1-3H3,(H2,18,19,20,22). The highest BCUT2D eigenvalue weighted by atomic mass is 16.3. The van der Waals surface area contributed by atoms with E-state index in [0.717, 1.165) is 17.7 Å². The second-order valence-electron chi connectivity index (χ2n) is 6.69. The van der Waals surface area contributed by atoms with Crippen LogP contribution in [-0.4, -0.2) is 21.2 Å². The Bertz CT molecular complexity index is 614. The number of aliphatic hydroxyl groups is 1. The summed E-state index contributed by atoms with van der Waals surface area (Å²) in [5, 5.41) is 19.8. The van der Waals surface area contributed by atoms with Gasteiger partial charge in [0.25, 0.3) is 0 Å². The largest absolute Gasteiger partial charge is 0.388 e. The van der Waals surface area contributed by atoms with Gasteiger partial charge in [0.15, 0.2) is 5.82 Å². The van der Waals surface area contributed by atoms with Crippen LogP contribution >= 0.6 is 0 Å². The Morgan fingerprint density at radius 3 is 2.64 bits per heavy atom. The van der Waals surface area contributed by atoms with Crippen molar-refractivity contribution in [1.29, 1.82) is 0 Å². The summed E-state index contributed by atoms with van der Waals surface area (Å²) in [5.74, 6) is 0.231. The normalized spacial score (nSPS) is 12.9. The molecule has 0 spiro atoms. The van der Waals surface area contributed by atoms with E-state index in [0.29, 0.717) is 5.82 Å². The van der Waals surface area contributed by atoms with Crippen LogP contribution in [0.5, 0.6) is 0 Å². The second-order valence-corrected chi connectivity index (χ2v) is 6.69. The third-order valence-corrected chi connectivity index (χ3v) is 3.18. The number of hydrogen-bond donors (Lipinski definition) is 3. The molecule has 1 amide bonds. The Hall–Kier alpha value is -2.14. The van der Waals surface area contributed by atoms with Gasteiger partial charge in [0.1, 0.15) is 0 Å². The number of nitrogens with one attached hydrogen (secondary N) is 2. The topological polar surface area (TPSA) is 78.0 Å². The van der Waals surface area contributed by atoms with Gasteiger partial charge in [-0.25, -0.2) is 0 Å². The zero-order valence-electron chi connectivity index (χ0n) is 13.3. The Labute approximate surface area is 130 Å². The lowest BCUT2D eigenvalue weighted by Gasteiger charge is -2.15. The molecule has 2 rings (SSSR count). The molecule has 1 heterocycles. The first-order valence-electron chi connectivity index (χ1n) is 7.41. The van der Waals surface area contributed by atoms with Gasteiger partial charge >= 0.3 is 0 Å². The number of amides is 1. The summed E-state index contributed by atoms with van der Waals surface area (Å²) >= 11 is 0. The average Bonchev–Trinajstić information content (AvgIpc) is 2.84. The number of aromatic nitrogens is 2. The minimum absolute atomic E-state index is 0.00543. The lowest BCUT2D eigenvalue weighted by Crippen LogP contribution is -2.15. The highest BCUT2D eigenvalue weighted by Gasteiger charge is 2.16. The number of aliphatic hydroxyl groups excluding tert-OH is 1. The van der Waals surface area contributed by atoms with E-state index in [1.54, 1.807) is 12.1 Å². The summed E-state index contributed by atoms with van der Waals surface area (Å²) in [6.07, 6.45) is 0.0442. The van der Waals surface area contributed by atoms with Gasteiger partial charge in [0.05, 0.1) is 12.5 Å². The molecule has 22 heavy (non-hydrogen) atoms. The van der Waals surface area contributed by atoms with Crippen molar-refractivity contribution in [2.24, 2.45) is 5.41 Å². The van der Waals surface area contributed by atoms with E-state index < -0.39 is 6.10 Å². The highest BCUT2D eigenvalue weighted by Crippen LogP contribution is 2.21. The zero-order chi connectivity index (χ0) is 16.2. The summed E-state index contributed by atoms with van der Waals surface area (Å²) in [4.78, 5) is 12.0. The van der Waals surface area contributed by atoms with E-state index in [1.807, 2.05) is 24.3 Å². The lowest BCUT2D eigenvalue weighted by atomic mass is 9.91. The maximum atomic E-state index is 12.0. The molecule has 3 N–H and O–H groups in total. The van der Waals surface area contributed by atoms with Crippen LogP contribution in [0.25, 0.3) is 0 Å². The van der Waals surface area contributed by atoms with Crippen LogP contribution < -0.4 is 5.32 Å². The van der Waals surface area contributed by atoms with E-state index in [-0.39, 0.29) is 17.7 Å². The van der Waals surface area contributed by atoms with Crippen LogP contribution in [0, 0.1) is 5.41 Å². The van der Waals surface area contributed by atoms with E-state index >= 15 is 0 Å². The van der Waals surface area contributed by atoms with Crippen molar-refractivity contribution in [2.75, 3.05) is 5.32 Å². The Morgan fingerprint density at radius 2 is 2.00 bits per heavy atom. The van der Waals surface area contributed by atoms with Gasteiger partial charge in [-0.3, -0.25) is 9.89 Å². The van der Waals surface area contributed by atoms with Gasteiger partial charge in [0, 0.05) is 11.8 Å². The average molecular weight is 301 g/mol. The van der Waals surface area contributed by atoms with Crippen LogP contribution in [0.4, 0.5) is 5.82 Å². The van der Waals surface area contributed by atoms with Crippen molar-refractivity contribution in [2.45, 2.75) is 39.7 Å². The van der Waals surface area contributed by atoms with E-state index in [1.165, 1.54) is 0 Å². The van der Waals surface area contributed by atoms with Crippen LogP contribution in [0.2, 0.25) is 0 Å². The van der Waals surface area contributed by atoms with Crippen molar-refractivity contribution in [3.63, 3.8) is 0 Å². The monoisotopic (exact) mass is 301 g/mol. The van der Waals surface area contributed by atoms with Crippen LogP contribution in [0.15, 0.2) is 36.4 Å². The lowest BCUT2D eigenvalue weighted by molar-refractivity contribution is -0.118. The smallest absolute Gasteiger partial charge is 0.228 e. The van der Waals surface area contributed by atoms with Crippen molar-refractivity contribution in [3.05, 3.63) is 47.7 Å². The third-order valence-electron chi connectivity index (χ3n) is 3.18. The molecule has 1 unspecified atom stereocenters. The number of H-pyrrole nitrogens is 1. The molecule has 0 aliphatic carbocycles. The predicted octanol–water partition coefficient (Wildman–Crippen LogP) is 3.06. The van der Waals surface area contributed by atoms with Gasteiger partial charge < -0.3 is 10.4 Å². The molecule has 118 valence electrons. The summed E-state index contributed by atoms with van der Waals surface area (Å²) in [7, 11) is 0. The second kappa shape index (κ2) is 6.75. The third kappa shape index (κ3) is 5.00. The van der Waals surface area contributed by atoms with Crippen molar-refractivity contribution >= 4 is 11.7 Å². The number of aromatic amines is 1. The van der Waals surface area contributed by atoms with Crippen LogP contribution in [-0.2, 0) is 11.2 Å². The molecule has 0 saturated carbocycles. The highest BCUT2D eigenvalue weighted by molar-refractivity contribution is 5.90. The molecule has 0 aliphatic heterocycles. The number of rotatable bonds is 5. The molecule has 1 atom stereocenters. The molecule has 0 saturated heterocycles. The maximum absolute atomic E-state index is 12.0. The summed E-state index contributed by atoms with van der Waals surface area (Å²) in [6, 6.07) is 11.0. The van der Waals surface area contributed by atoms with Crippen LogP contribution in [0.3, 0.4) is 0 Å². The number of nitrogens with zero attached hydrogens (tertiary/aromatic N) is 1. The Morgan fingerprint density at radius 1 is 1.32 bits per heavy atom. The fourth-order valence-electron chi connectivity index (χ4n) is 2.25. The van der Waals surface area contributed by atoms with Gasteiger partial charge in [-0.1, -0.05) is 51.1 Å². The number of carbonyl (C=O) groups excluding carboxylic acids is 1. The molecule has 2 aromatic rings. The first-order chi connectivity index (χ1) is 10.3. The molecular weight excluding hydrogens is 278 g/mol. The number of anilines is 1. The van der Waals surface area contributed by atoms with Gasteiger partial charge in [-0.05, 0) is 17.4 Å². The van der Waals surface area contributed by atoms with Gasteiger partial charge in [-0.15, -0.1) is 0 Å². The number of hydrogen-bond acceptors (Lipinski definition) is 3. The number of benzene rings is 1. The van der Waals surface area contributed by atoms with E-state index in [9.17, 15) is 9.90 Å². The van der Waals surface area contributed by atoms with Gasteiger partial charge in [-0.2, -0.15) is 5.10 Å². The maximum Gasteiger partial charge on any atom is 0.228 e.